The second-order valence-corrected chi connectivity index (χ2v) is 6.34. The van der Waals surface area contributed by atoms with Crippen molar-refractivity contribution in [3.05, 3.63) is 65.3 Å². The van der Waals surface area contributed by atoms with Crippen molar-refractivity contribution in [3.63, 3.8) is 0 Å². The fourth-order valence-electron chi connectivity index (χ4n) is 2.60. The van der Waals surface area contributed by atoms with Crippen molar-refractivity contribution in [2.45, 2.75) is 41.0 Å². The molecule has 0 fully saturated rings. The van der Waals surface area contributed by atoms with E-state index in [0.29, 0.717) is 17.4 Å². The molecular formula is C22H31NO. The Kier molecular flexibility index (Phi) is 7.57. The Hall–Kier alpha value is -2.22. The SMILES string of the molecule is C=C(C)\C=C/C=C(/C(C)=C(/C)c1ccc(OC)c(N)c1)C(C)CC. The lowest BCUT2D eigenvalue weighted by atomic mass is 9.87. The molecule has 0 saturated carbocycles. The molecule has 2 heteroatoms. The Bertz CT molecular complexity index is 677. The van der Waals surface area contributed by atoms with Crippen LogP contribution in [0.4, 0.5) is 5.69 Å². The first-order valence-electron chi connectivity index (χ1n) is 8.47. The zero-order valence-corrected chi connectivity index (χ0v) is 15.9. The standard InChI is InChI=1S/C22H31NO/c1-8-16(4)20(11-9-10-15(2)3)18(6)17(5)19-12-13-22(24-7)21(23)14-19/h9-14,16H,2,8,23H2,1,3-7H3/b10-9-,18-17-,20-11+. The van der Waals surface area contributed by atoms with Crippen molar-refractivity contribution in [3.8, 4) is 5.75 Å². The van der Waals surface area contributed by atoms with Gasteiger partial charge in [-0.25, -0.2) is 0 Å². The monoisotopic (exact) mass is 325 g/mol. The summed E-state index contributed by atoms with van der Waals surface area (Å²) in [5, 5.41) is 0. The molecule has 0 radical (unpaired) electrons. The third-order valence-electron chi connectivity index (χ3n) is 4.46. The molecule has 0 aromatic heterocycles. The number of rotatable bonds is 7. The largest absolute Gasteiger partial charge is 0.495 e. The van der Waals surface area contributed by atoms with Crippen LogP contribution in [0.15, 0.2) is 59.7 Å². The number of hydrogen-bond donors (Lipinski definition) is 1. The number of anilines is 1. The minimum absolute atomic E-state index is 0.491. The highest BCUT2D eigenvalue weighted by atomic mass is 16.5. The van der Waals surface area contributed by atoms with Crippen LogP contribution in [0.25, 0.3) is 5.57 Å². The van der Waals surface area contributed by atoms with Gasteiger partial charge in [-0.15, -0.1) is 0 Å². The lowest BCUT2D eigenvalue weighted by molar-refractivity contribution is 0.417. The number of hydrogen-bond acceptors (Lipinski definition) is 2. The fraction of sp³-hybridized carbons (Fsp3) is 0.364. The average Bonchev–Trinajstić information content (AvgIpc) is 2.56. The molecule has 0 amide bonds. The summed E-state index contributed by atoms with van der Waals surface area (Å²) >= 11 is 0. The molecule has 24 heavy (non-hydrogen) atoms. The van der Waals surface area contributed by atoms with Crippen molar-refractivity contribution >= 4 is 11.3 Å². The van der Waals surface area contributed by atoms with Gasteiger partial charge in [0.05, 0.1) is 12.8 Å². The second-order valence-electron chi connectivity index (χ2n) is 6.34. The summed E-state index contributed by atoms with van der Waals surface area (Å²) in [6.07, 6.45) is 7.43. The molecule has 0 aliphatic heterocycles. The molecule has 1 aromatic carbocycles. The first kappa shape index (κ1) is 19.8. The van der Waals surface area contributed by atoms with Crippen LogP contribution in [0.5, 0.6) is 5.75 Å². The van der Waals surface area contributed by atoms with E-state index in [2.05, 4.69) is 52.5 Å². The Labute approximate surface area is 147 Å². The number of methoxy groups -OCH3 is 1. The summed E-state index contributed by atoms with van der Waals surface area (Å²) < 4.78 is 5.25. The van der Waals surface area contributed by atoms with Crippen LogP contribution >= 0.6 is 0 Å². The first-order valence-corrected chi connectivity index (χ1v) is 8.47. The normalized spacial score (nSPS) is 14.5. The predicted octanol–water partition coefficient (Wildman–Crippen LogP) is 6.18. The van der Waals surface area contributed by atoms with E-state index in [9.17, 15) is 0 Å². The lowest BCUT2D eigenvalue weighted by Gasteiger charge is -2.18. The molecule has 1 rings (SSSR count). The van der Waals surface area contributed by atoms with Gasteiger partial charge < -0.3 is 10.5 Å². The van der Waals surface area contributed by atoms with Gasteiger partial charge in [0.1, 0.15) is 5.75 Å². The van der Waals surface area contributed by atoms with Crippen molar-refractivity contribution in [1.82, 2.24) is 0 Å². The van der Waals surface area contributed by atoms with Crippen molar-refractivity contribution < 1.29 is 4.74 Å². The van der Waals surface area contributed by atoms with Crippen LogP contribution in [-0.4, -0.2) is 7.11 Å². The van der Waals surface area contributed by atoms with Gasteiger partial charge in [0, 0.05) is 0 Å². The van der Waals surface area contributed by atoms with Gasteiger partial charge in [0.2, 0.25) is 0 Å². The van der Waals surface area contributed by atoms with E-state index in [4.69, 9.17) is 10.5 Å². The molecule has 1 unspecified atom stereocenters. The zero-order valence-electron chi connectivity index (χ0n) is 15.9. The molecule has 0 saturated heterocycles. The molecule has 2 N–H and O–H groups in total. The van der Waals surface area contributed by atoms with Gasteiger partial charge in [0.15, 0.2) is 0 Å². The predicted molar refractivity (Wildman–Crippen MR) is 107 cm³/mol. The van der Waals surface area contributed by atoms with E-state index in [0.717, 1.165) is 17.6 Å². The van der Waals surface area contributed by atoms with Crippen LogP contribution in [-0.2, 0) is 0 Å². The van der Waals surface area contributed by atoms with E-state index < -0.39 is 0 Å². The molecule has 1 aromatic rings. The molecule has 0 aliphatic rings. The number of benzene rings is 1. The summed E-state index contributed by atoms with van der Waals surface area (Å²) in [6, 6.07) is 5.97. The molecule has 1 atom stereocenters. The summed E-state index contributed by atoms with van der Waals surface area (Å²) in [5.41, 5.74) is 12.8. The highest BCUT2D eigenvalue weighted by Gasteiger charge is 2.12. The number of nitrogens with two attached hydrogens (primary N) is 1. The summed E-state index contributed by atoms with van der Waals surface area (Å²) in [6.45, 7) is 14.7. The van der Waals surface area contributed by atoms with Crippen LogP contribution in [0.1, 0.15) is 46.6 Å². The lowest BCUT2D eigenvalue weighted by Crippen LogP contribution is -2.01. The zero-order chi connectivity index (χ0) is 18.3. The molecule has 0 bridgehead atoms. The Balaban J connectivity index is 3.32. The summed E-state index contributed by atoms with van der Waals surface area (Å²) in [4.78, 5) is 0. The van der Waals surface area contributed by atoms with Gasteiger partial charge in [-0.1, -0.05) is 50.3 Å². The van der Waals surface area contributed by atoms with Crippen molar-refractivity contribution in [2.75, 3.05) is 12.8 Å². The van der Waals surface area contributed by atoms with Crippen LogP contribution in [0.3, 0.4) is 0 Å². The van der Waals surface area contributed by atoms with Gasteiger partial charge in [0.25, 0.3) is 0 Å². The van der Waals surface area contributed by atoms with E-state index in [-0.39, 0.29) is 0 Å². The average molecular weight is 325 g/mol. The summed E-state index contributed by atoms with van der Waals surface area (Å²) in [5.74, 6) is 1.21. The van der Waals surface area contributed by atoms with Crippen molar-refractivity contribution in [1.29, 1.82) is 0 Å². The quantitative estimate of drug-likeness (QED) is 0.480. The summed E-state index contributed by atoms with van der Waals surface area (Å²) in [7, 11) is 1.64. The Morgan fingerprint density at radius 3 is 2.46 bits per heavy atom. The fourth-order valence-corrected chi connectivity index (χ4v) is 2.60. The Morgan fingerprint density at radius 1 is 1.29 bits per heavy atom. The number of ether oxygens (including phenoxy) is 1. The smallest absolute Gasteiger partial charge is 0.141 e. The third kappa shape index (κ3) is 5.16. The van der Waals surface area contributed by atoms with Gasteiger partial charge in [-0.3, -0.25) is 0 Å². The van der Waals surface area contributed by atoms with E-state index in [1.807, 2.05) is 25.1 Å². The maximum atomic E-state index is 6.06. The topological polar surface area (TPSA) is 35.2 Å². The molecule has 0 heterocycles. The van der Waals surface area contributed by atoms with Crippen LogP contribution in [0, 0.1) is 5.92 Å². The molecule has 130 valence electrons. The van der Waals surface area contributed by atoms with Crippen molar-refractivity contribution in [2.24, 2.45) is 5.92 Å². The number of allylic oxidation sites excluding steroid dienone is 7. The van der Waals surface area contributed by atoms with Gasteiger partial charge >= 0.3 is 0 Å². The maximum absolute atomic E-state index is 6.06. The Morgan fingerprint density at radius 2 is 1.96 bits per heavy atom. The van der Waals surface area contributed by atoms with Gasteiger partial charge in [-0.2, -0.15) is 0 Å². The van der Waals surface area contributed by atoms with E-state index >= 15 is 0 Å². The van der Waals surface area contributed by atoms with E-state index in [1.165, 1.54) is 16.7 Å². The first-order chi connectivity index (χ1) is 11.3. The molecular weight excluding hydrogens is 294 g/mol. The maximum Gasteiger partial charge on any atom is 0.141 e. The molecule has 0 aliphatic carbocycles. The van der Waals surface area contributed by atoms with Crippen LogP contribution < -0.4 is 10.5 Å². The van der Waals surface area contributed by atoms with Crippen LogP contribution in [0.2, 0.25) is 0 Å². The van der Waals surface area contributed by atoms with Gasteiger partial charge in [-0.05, 0) is 67.5 Å². The third-order valence-corrected chi connectivity index (χ3v) is 4.46. The highest BCUT2D eigenvalue weighted by Crippen LogP contribution is 2.32. The second kappa shape index (κ2) is 9.17. The molecule has 0 spiro atoms. The minimum atomic E-state index is 0.491. The minimum Gasteiger partial charge on any atom is -0.495 e. The molecule has 2 nitrogen and oxygen atoms in total. The number of nitrogen functional groups attached to an aromatic ring is 1. The van der Waals surface area contributed by atoms with E-state index in [1.54, 1.807) is 7.11 Å². The highest BCUT2D eigenvalue weighted by molar-refractivity contribution is 5.74.